The summed E-state index contributed by atoms with van der Waals surface area (Å²) in [6, 6.07) is 0. The number of rotatable bonds is 13. The molecule has 4 atom stereocenters. The van der Waals surface area contributed by atoms with Gasteiger partial charge in [-0.1, -0.05) is 40.2 Å². The van der Waals surface area contributed by atoms with E-state index in [1.807, 2.05) is 6.08 Å². The number of hydrogen-bond acceptors (Lipinski definition) is 3. The Hall–Kier alpha value is -0.380. The summed E-state index contributed by atoms with van der Waals surface area (Å²) in [5.74, 6) is 0.472. The fraction of sp³-hybridized carbons (Fsp3) is 0.895. The molecule has 0 aliphatic heterocycles. The summed E-state index contributed by atoms with van der Waals surface area (Å²) in [6.45, 7) is 12.4. The first-order chi connectivity index (χ1) is 10.4. The van der Waals surface area contributed by atoms with E-state index in [1.165, 1.54) is 0 Å². The van der Waals surface area contributed by atoms with Crippen LogP contribution in [0.5, 0.6) is 0 Å². The number of unbranched alkanes of at least 4 members (excludes halogenated alkanes) is 1. The second kappa shape index (κ2) is 11.2. The molecule has 0 spiro atoms. The summed E-state index contributed by atoms with van der Waals surface area (Å²) < 4.78 is 11.4. The van der Waals surface area contributed by atoms with Gasteiger partial charge < -0.3 is 14.6 Å². The van der Waals surface area contributed by atoms with E-state index in [0.29, 0.717) is 5.92 Å². The third-order valence-corrected chi connectivity index (χ3v) is 5.02. The molecule has 0 aliphatic carbocycles. The molecule has 132 valence electrons. The van der Waals surface area contributed by atoms with Crippen molar-refractivity contribution < 1.29 is 14.6 Å². The van der Waals surface area contributed by atoms with Crippen molar-refractivity contribution in [2.24, 2.45) is 17.8 Å². The Morgan fingerprint density at radius 1 is 1.14 bits per heavy atom. The lowest BCUT2D eigenvalue weighted by molar-refractivity contribution is -0.243. The van der Waals surface area contributed by atoms with Crippen molar-refractivity contribution in [3.05, 3.63) is 12.7 Å². The predicted molar refractivity (Wildman–Crippen MR) is 93.8 cm³/mol. The van der Waals surface area contributed by atoms with Crippen LogP contribution in [0, 0.1) is 17.8 Å². The third-order valence-electron chi connectivity index (χ3n) is 5.02. The molecule has 0 aromatic carbocycles. The van der Waals surface area contributed by atoms with Crippen molar-refractivity contribution in [2.45, 2.75) is 78.1 Å². The maximum absolute atomic E-state index is 10.4. The molecule has 0 aromatic heterocycles. The van der Waals surface area contributed by atoms with E-state index in [2.05, 4.69) is 34.3 Å². The smallest absolute Gasteiger partial charge is 0.170 e. The molecule has 0 rings (SSSR count). The van der Waals surface area contributed by atoms with E-state index in [0.717, 1.165) is 38.5 Å². The molecule has 22 heavy (non-hydrogen) atoms. The van der Waals surface area contributed by atoms with Crippen LogP contribution in [0.4, 0.5) is 0 Å². The molecule has 1 N–H and O–H groups in total. The van der Waals surface area contributed by atoms with E-state index in [4.69, 9.17) is 9.47 Å². The monoisotopic (exact) mass is 314 g/mol. The number of methoxy groups -OCH3 is 2. The lowest BCUT2D eigenvalue weighted by atomic mass is 9.86. The minimum Gasteiger partial charge on any atom is -0.393 e. The molecule has 0 amide bonds. The van der Waals surface area contributed by atoms with Crippen LogP contribution in [0.15, 0.2) is 12.7 Å². The van der Waals surface area contributed by atoms with Gasteiger partial charge in [0.25, 0.3) is 0 Å². The molecule has 0 saturated carbocycles. The maximum atomic E-state index is 10.4. The highest BCUT2D eigenvalue weighted by Crippen LogP contribution is 2.33. The molecule has 0 aliphatic rings. The maximum Gasteiger partial charge on any atom is 0.170 e. The van der Waals surface area contributed by atoms with Crippen LogP contribution >= 0.6 is 0 Å². The predicted octanol–water partition coefficient (Wildman–Crippen LogP) is 4.79. The fourth-order valence-electron chi connectivity index (χ4n) is 3.12. The average Bonchev–Trinajstić information content (AvgIpc) is 2.53. The second-order valence-electron chi connectivity index (χ2n) is 6.80. The van der Waals surface area contributed by atoms with E-state index >= 15 is 0 Å². The van der Waals surface area contributed by atoms with Gasteiger partial charge in [-0.3, -0.25) is 0 Å². The highest BCUT2D eigenvalue weighted by molar-refractivity contribution is 4.81. The van der Waals surface area contributed by atoms with Crippen molar-refractivity contribution in [3.63, 3.8) is 0 Å². The van der Waals surface area contributed by atoms with Crippen LogP contribution in [0.1, 0.15) is 66.2 Å². The summed E-state index contributed by atoms with van der Waals surface area (Å²) >= 11 is 0. The average molecular weight is 315 g/mol. The van der Waals surface area contributed by atoms with Gasteiger partial charge in [-0.15, -0.1) is 6.58 Å². The second-order valence-corrected chi connectivity index (χ2v) is 6.80. The first kappa shape index (κ1) is 21.6. The summed E-state index contributed by atoms with van der Waals surface area (Å²) in [4.78, 5) is 0. The summed E-state index contributed by atoms with van der Waals surface area (Å²) in [6.07, 6.45) is 7.46. The first-order valence-electron chi connectivity index (χ1n) is 8.77. The molecule has 0 radical (unpaired) electrons. The molecular weight excluding hydrogens is 276 g/mol. The standard InChI is InChI=1S/C19H38O3/c1-8-10-13-19(21-6,22-7)17(5)11-12-18(20)16(4)14-15(3)9-2/h9,15-18,20H,2,8,10-14H2,1,3-7H3. The fourth-order valence-corrected chi connectivity index (χ4v) is 3.12. The Morgan fingerprint density at radius 2 is 1.73 bits per heavy atom. The van der Waals surface area contributed by atoms with Gasteiger partial charge in [-0.05, 0) is 37.5 Å². The van der Waals surface area contributed by atoms with Crippen molar-refractivity contribution in [1.82, 2.24) is 0 Å². The lowest BCUT2D eigenvalue weighted by Gasteiger charge is -2.37. The molecule has 0 fully saturated rings. The van der Waals surface area contributed by atoms with Crippen LogP contribution in [0.2, 0.25) is 0 Å². The van der Waals surface area contributed by atoms with Gasteiger partial charge in [-0.25, -0.2) is 0 Å². The van der Waals surface area contributed by atoms with Gasteiger partial charge in [0.05, 0.1) is 6.10 Å². The Bertz CT molecular complexity index is 286. The minimum atomic E-state index is -0.520. The Kier molecular flexibility index (Phi) is 11.0. The van der Waals surface area contributed by atoms with Crippen molar-refractivity contribution in [2.75, 3.05) is 14.2 Å². The largest absolute Gasteiger partial charge is 0.393 e. The minimum absolute atomic E-state index is 0.257. The molecule has 3 nitrogen and oxygen atoms in total. The van der Waals surface area contributed by atoms with Crippen molar-refractivity contribution in [1.29, 1.82) is 0 Å². The van der Waals surface area contributed by atoms with Gasteiger partial charge >= 0.3 is 0 Å². The van der Waals surface area contributed by atoms with Crippen molar-refractivity contribution in [3.8, 4) is 0 Å². The quantitative estimate of drug-likeness (QED) is 0.392. The van der Waals surface area contributed by atoms with Crippen LogP contribution in [0.25, 0.3) is 0 Å². The van der Waals surface area contributed by atoms with E-state index < -0.39 is 5.79 Å². The zero-order chi connectivity index (χ0) is 17.2. The number of aliphatic hydroxyl groups excluding tert-OH is 1. The highest BCUT2D eigenvalue weighted by Gasteiger charge is 2.36. The van der Waals surface area contributed by atoms with Gasteiger partial charge in [0.2, 0.25) is 0 Å². The number of ether oxygens (including phenoxy) is 2. The van der Waals surface area contributed by atoms with Gasteiger partial charge in [0, 0.05) is 26.6 Å². The summed E-state index contributed by atoms with van der Waals surface area (Å²) in [5.41, 5.74) is 0. The third kappa shape index (κ3) is 6.80. The number of hydrogen-bond donors (Lipinski definition) is 1. The molecular formula is C19H38O3. The molecule has 3 heteroatoms. The normalized spacial score (nSPS) is 17.8. The van der Waals surface area contributed by atoms with Crippen molar-refractivity contribution >= 4 is 0 Å². The zero-order valence-corrected chi connectivity index (χ0v) is 15.6. The van der Waals surface area contributed by atoms with Crippen LogP contribution in [-0.4, -0.2) is 31.2 Å². The Balaban J connectivity index is 4.48. The van der Waals surface area contributed by atoms with Gasteiger partial charge in [0.15, 0.2) is 5.79 Å². The molecule has 0 aromatic rings. The van der Waals surface area contributed by atoms with Crippen LogP contribution in [0.3, 0.4) is 0 Å². The lowest BCUT2D eigenvalue weighted by Crippen LogP contribution is -2.41. The number of aliphatic hydroxyl groups is 1. The molecule has 0 saturated heterocycles. The Morgan fingerprint density at radius 3 is 2.18 bits per heavy atom. The van der Waals surface area contributed by atoms with Gasteiger partial charge in [-0.2, -0.15) is 0 Å². The van der Waals surface area contributed by atoms with E-state index in [9.17, 15) is 5.11 Å². The molecule has 0 bridgehead atoms. The first-order valence-corrected chi connectivity index (χ1v) is 8.77. The number of allylic oxidation sites excluding steroid dienone is 1. The van der Waals surface area contributed by atoms with Crippen LogP contribution < -0.4 is 0 Å². The SMILES string of the molecule is C=CC(C)CC(C)C(O)CCC(C)C(CCCC)(OC)OC. The van der Waals surface area contributed by atoms with Crippen LogP contribution in [-0.2, 0) is 9.47 Å². The Labute approximate surface area is 138 Å². The summed E-state index contributed by atoms with van der Waals surface area (Å²) in [5, 5.41) is 10.4. The molecule has 4 unspecified atom stereocenters. The zero-order valence-electron chi connectivity index (χ0n) is 15.6. The summed E-state index contributed by atoms with van der Waals surface area (Å²) in [7, 11) is 3.45. The van der Waals surface area contributed by atoms with Gasteiger partial charge in [0.1, 0.15) is 0 Å². The van der Waals surface area contributed by atoms with E-state index in [-0.39, 0.29) is 17.9 Å². The topological polar surface area (TPSA) is 38.7 Å². The molecule has 0 heterocycles. The highest BCUT2D eigenvalue weighted by atomic mass is 16.7. The van der Waals surface area contributed by atoms with E-state index in [1.54, 1.807) is 14.2 Å².